The number of nitrogens with zero attached hydrogens (tertiary/aromatic N) is 6. The van der Waals surface area contributed by atoms with Gasteiger partial charge in [0.2, 0.25) is 0 Å². The average Bonchev–Trinajstić information content (AvgIpc) is 3.67. The summed E-state index contributed by atoms with van der Waals surface area (Å²) in [6.45, 7) is 0.860. The Bertz CT molecular complexity index is 1690. The Labute approximate surface area is 236 Å². The zero-order valence-corrected chi connectivity index (χ0v) is 22.5. The number of likely N-dealkylation sites (N-methyl/N-ethyl adjacent to an activating group) is 1. The predicted octanol–water partition coefficient (Wildman–Crippen LogP) is 4.37. The number of benzene rings is 2. The summed E-state index contributed by atoms with van der Waals surface area (Å²) in [5.41, 5.74) is 7.13. The van der Waals surface area contributed by atoms with Gasteiger partial charge in [0.25, 0.3) is 5.91 Å². The van der Waals surface area contributed by atoms with Crippen LogP contribution in [0.2, 0.25) is 0 Å². The molecule has 11 heteroatoms. The van der Waals surface area contributed by atoms with E-state index in [1.165, 1.54) is 12.4 Å². The van der Waals surface area contributed by atoms with Crippen molar-refractivity contribution >= 4 is 22.8 Å². The molecule has 2 aliphatic rings. The number of nitrogens with two attached hydrogens (primary N) is 1. The summed E-state index contributed by atoms with van der Waals surface area (Å²) in [5, 5.41) is 18.2. The van der Waals surface area contributed by atoms with Crippen LogP contribution in [0.5, 0.6) is 11.5 Å². The lowest BCUT2D eigenvalue weighted by atomic mass is 10.0. The molecule has 41 heavy (non-hydrogen) atoms. The van der Waals surface area contributed by atoms with Gasteiger partial charge in [-0.2, -0.15) is 10.4 Å². The molecule has 10 nitrogen and oxygen atoms in total. The molecule has 1 saturated carbocycles. The number of amides is 1. The first-order valence-electron chi connectivity index (χ1n) is 13.5. The maximum absolute atomic E-state index is 15.5. The van der Waals surface area contributed by atoms with E-state index >= 15 is 4.39 Å². The van der Waals surface area contributed by atoms with Gasteiger partial charge in [0.15, 0.2) is 5.65 Å². The summed E-state index contributed by atoms with van der Waals surface area (Å²) in [6, 6.07) is 15.5. The minimum atomic E-state index is -0.531. The molecule has 1 saturated heterocycles. The largest absolute Gasteiger partial charge is 0.457 e. The van der Waals surface area contributed by atoms with Gasteiger partial charge in [-0.15, -0.1) is 0 Å². The van der Waals surface area contributed by atoms with E-state index < -0.39 is 5.82 Å². The lowest BCUT2D eigenvalue weighted by Gasteiger charge is -2.33. The molecule has 3 N–H and O–H groups in total. The number of hydrogen-bond acceptors (Lipinski definition) is 8. The van der Waals surface area contributed by atoms with Crippen LogP contribution in [-0.4, -0.2) is 56.2 Å². The number of nitrogen functional groups attached to an aromatic ring is 1. The molecule has 3 heterocycles. The maximum atomic E-state index is 15.5. The molecule has 2 aromatic heterocycles. The number of anilines is 1. The van der Waals surface area contributed by atoms with Crippen LogP contribution in [0.3, 0.4) is 0 Å². The van der Waals surface area contributed by atoms with Gasteiger partial charge < -0.3 is 20.7 Å². The van der Waals surface area contributed by atoms with Crippen LogP contribution < -0.4 is 15.8 Å². The second-order valence-electron chi connectivity index (χ2n) is 10.4. The second kappa shape index (κ2) is 10.6. The fraction of sp³-hybridized carbons (Fsp3) is 0.300. The fourth-order valence-corrected chi connectivity index (χ4v) is 5.34. The highest BCUT2D eigenvalue weighted by Crippen LogP contribution is 2.38. The van der Waals surface area contributed by atoms with Gasteiger partial charge in [0.1, 0.15) is 46.8 Å². The highest BCUT2D eigenvalue weighted by Gasteiger charge is 2.40. The Morgan fingerprint density at radius 2 is 2.02 bits per heavy atom. The number of ether oxygens (including phenoxy) is 1. The van der Waals surface area contributed by atoms with Crippen LogP contribution in [0.15, 0.2) is 66.5 Å². The van der Waals surface area contributed by atoms with Crippen molar-refractivity contribution in [2.45, 2.75) is 37.3 Å². The van der Waals surface area contributed by atoms with Gasteiger partial charge in [-0.1, -0.05) is 18.2 Å². The molecule has 208 valence electrons. The van der Waals surface area contributed by atoms with E-state index in [2.05, 4.69) is 21.4 Å². The highest BCUT2D eigenvalue weighted by molar-refractivity contribution is 5.99. The number of halogens is 1. The number of nitriles is 1. The summed E-state index contributed by atoms with van der Waals surface area (Å²) >= 11 is 0. The van der Waals surface area contributed by atoms with Crippen LogP contribution in [0.25, 0.3) is 22.3 Å². The SMILES string of the molecule is CNC1(C=C(C#N)C(=O)N2CCCC(n3nc(-c4ccc(Oc5ccccc5)cc4F)c4c(N)ncnc43)C2)CC1. The second-order valence-corrected chi connectivity index (χ2v) is 10.4. The van der Waals surface area contributed by atoms with Crippen LogP contribution >= 0.6 is 0 Å². The molecule has 6 rings (SSSR count). The third kappa shape index (κ3) is 5.10. The molecule has 0 spiro atoms. The zero-order chi connectivity index (χ0) is 28.6. The van der Waals surface area contributed by atoms with Crippen molar-refractivity contribution in [3.63, 3.8) is 0 Å². The third-order valence-electron chi connectivity index (χ3n) is 7.78. The van der Waals surface area contributed by atoms with E-state index in [0.29, 0.717) is 47.7 Å². The molecule has 0 bridgehead atoms. The number of aromatic nitrogens is 4. The van der Waals surface area contributed by atoms with Crippen molar-refractivity contribution in [1.82, 2.24) is 30.0 Å². The number of carbonyl (C=O) groups excluding carboxylic acids is 1. The van der Waals surface area contributed by atoms with Gasteiger partial charge in [-0.05, 0) is 63.1 Å². The van der Waals surface area contributed by atoms with Gasteiger partial charge in [-0.3, -0.25) is 4.79 Å². The minimum Gasteiger partial charge on any atom is -0.457 e. The van der Waals surface area contributed by atoms with E-state index in [1.807, 2.05) is 25.2 Å². The van der Waals surface area contributed by atoms with Gasteiger partial charge in [0.05, 0.1) is 11.4 Å². The number of fused-ring (bicyclic) bond motifs is 1. The van der Waals surface area contributed by atoms with Crippen LogP contribution in [-0.2, 0) is 4.79 Å². The molecular weight excluding hydrogens is 523 g/mol. The average molecular weight is 553 g/mol. The van der Waals surface area contributed by atoms with E-state index in [9.17, 15) is 10.1 Å². The molecule has 4 aromatic rings. The fourth-order valence-electron chi connectivity index (χ4n) is 5.34. The molecule has 1 unspecified atom stereocenters. The van der Waals surface area contributed by atoms with E-state index in [0.717, 1.165) is 19.3 Å². The Morgan fingerprint density at radius 1 is 1.22 bits per heavy atom. The molecule has 1 amide bonds. The number of nitrogens with one attached hydrogen (secondary N) is 1. The Hall–Kier alpha value is -4.82. The quantitative estimate of drug-likeness (QED) is 0.255. The Kier molecular flexibility index (Phi) is 6.85. The number of rotatable bonds is 7. The molecular formula is C30H29FN8O2. The van der Waals surface area contributed by atoms with Crippen molar-refractivity contribution < 1.29 is 13.9 Å². The standard InChI is InChI=1S/C30H29FN8O2/c1-34-30(11-12-30)15-19(16-32)29(40)38-13-5-6-20(17-38)39-28-25(27(33)35-18-36-28)26(37-39)23-10-9-22(14-24(23)31)41-21-7-3-2-4-8-21/h2-4,7-10,14-15,18,20,34H,5-6,11-13,17H2,1H3,(H2,33,35,36). The topological polar surface area (TPSA) is 135 Å². The summed E-state index contributed by atoms with van der Waals surface area (Å²) in [4.78, 5) is 23.6. The Balaban J connectivity index is 1.32. The first-order valence-corrected chi connectivity index (χ1v) is 13.5. The van der Waals surface area contributed by atoms with Crippen LogP contribution in [0, 0.1) is 17.1 Å². The van der Waals surface area contributed by atoms with Crippen molar-refractivity contribution in [3.05, 3.63) is 72.3 Å². The summed E-state index contributed by atoms with van der Waals surface area (Å²) in [6.07, 6.45) is 6.32. The van der Waals surface area contributed by atoms with Crippen molar-refractivity contribution in [2.24, 2.45) is 0 Å². The van der Waals surface area contributed by atoms with E-state index in [4.69, 9.17) is 15.6 Å². The number of para-hydroxylation sites is 1. The van der Waals surface area contributed by atoms with E-state index in [1.54, 1.807) is 39.9 Å². The van der Waals surface area contributed by atoms with E-state index in [-0.39, 0.29) is 34.4 Å². The lowest BCUT2D eigenvalue weighted by molar-refractivity contribution is -0.128. The minimum absolute atomic E-state index is 0.134. The van der Waals surface area contributed by atoms with Gasteiger partial charge in [0, 0.05) is 30.3 Å². The van der Waals surface area contributed by atoms with Crippen LogP contribution in [0.4, 0.5) is 10.2 Å². The normalized spacial score (nSPS) is 18.2. The zero-order valence-electron chi connectivity index (χ0n) is 22.5. The van der Waals surface area contributed by atoms with Gasteiger partial charge in [-0.25, -0.2) is 19.0 Å². The number of piperidine rings is 1. The number of carbonyl (C=O) groups is 1. The molecule has 0 radical (unpaired) electrons. The summed E-state index contributed by atoms with van der Waals surface area (Å²) in [5.74, 6) is 0.289. The third-order valence-corrected chi connectivity index (χ3v) is 7.78. The lowest BCUT2D eigenvalue weighted by Crippen LogP contribution is -2.42. The molecule has 2 fully saturated rings. The number of likely N-dealkylation sites (tertiary alicyclic amines) is 1. The molecule has 1 aliphatic heterocycles. The summed E-state index contributed by atoms with van der Waals surface area (Å²) < 4.78 is 23.0. The van der Waals surface area contributed by atoms with Crippen LogP contribution in [0.1, 0.15) is 31.7 Å². The smallest absolute Gasteiger partial charge is 0.264 e. The maximum Gasteiger partial charge on any atom is 0.264 e. The highest BCUT2D eigenvalue weighted by atomic mass is 19.1. The molecule has 1 aliphatic carbocycles. The predicted molar refractivity (Wildman–Crippen MR) is 151 cm³/mol. The first-order chi connectivity index (χ1) is 19.9. The van der Waals surface area contributed by atoms with Crippen molar-refractivity contribution in [3.8, 4) is 28.8 Å². The van der Waals surface area contributed by atoms with Gasteiger partial charge >= 0.3 is 0 Å². The first kappa shape index (κ1) is 26.4. The summed E-state index contributed by atoms with van der Waals surface area (Å²) in [7, 11) is 1.83. The van der Waals surface area contributed by atoms with Crippen molar-refractivity contribution in [2.75, 3.05) is 25.9 Å². The number of hydrogen-bond donors (Lipinski definition) is 2. The molecule has 1 atom stereocenters. The Morgan fingerprint density at radius 3 is 2.73 bits per heavy atom. The van der Waals surface area contributed by atoms with Crippen molar-refractivity contribution in [1.29, 1.82) is 5.26 Å². The monoisotopic (exact) mass is 552 g/mol. The molecule has 2 aromatic carbocycles.